The van der Waals surface area contributed by atoms with Gasteiger partial charge in [-0.3, -0.25) is 0 Å². The zero-order valence-corrected chi connectivity index (χ0v) is 12.6. The average Bonchev–Trinajstić information content (AvgIpc) is 2.74. The molecule has 108 valence electrons. The highest BCUT2D eigenvalue weighted by Gasteiger charge is 2.10. The van der Waals surface area contributed by atoms with Gasteiger partial charge in [0, 0.05) is 30.2 Å². The van der Waals surface area contributed by atoms with Crippen molar-refractivity contribution in [3.63, 3.8) is 0 Å². The van der Waals surface area contributed by atoms with Crippen LogP contribution < -0.4 is 5.32 Å². The fourth-order valence-electron chi connectivity index (χ4n) is 2.50. The van der Waals surface area contributed by atoms with E-state index >= 15 is 0 Å². The van der Waals surface area contributed by atoms with Gasteiger partial charge in [0.2, 0.25) is 0 Å². The molecule has 1 atom stereocenters. The second kappa shape index (κ2) is 6.73. The number of nitrogens with zero attached hydrogens (tertiary/aromatic N) is 1. The van der Waals surface area contributed by atoms with Crippen LogP contribution in [-0.2, 0) is 6.54 Å². The summed E-state index contributed by atoms with van der Waals surface area (Å²) in [6, 6.07) is 12.6. The van der Waals surface area contributed by atoms with Crippen molar-refractivity contribution in [1.82, 2.24) is 9.88 Å². The Kier molecular flexibility index (Phi) is 4.99. The van der Waals surface area contributed by atoms with Crippen molar-refractivity contribution < 1.29 is 5.11 Å². The van der Waals surface area contributed by atoms with Crippen LogP contribution in [0.2, 0.25) is 0 Å². The van der Waals surface area contributed by atoms with Crippen LogP contribution in [-0.4, -0.2) is 22.3 Å². The average molecular weight is 272 g/mol. The number of hydrogen-bond donors (Lipinski definition) is 2. The van der Waals surface area contributed by atoms with Crippen LogP contribution in [0.5, 0.6) is 0 Å². The van der Waals surface area contributed by atoms with Gasteiger partial charge in [-0.05, 0) is 44.0 Å². The zero-order valence-electron chi connectivity index (χ0n) is 12.6. The predicted molar refractivity (Wildman–Crippen MR) is 83.2 cm³/mol. The molecule has 0 radical (unpaired) electrons. The van der Waals surface area contributed by atoms with Gasteiger partial charge in [0.1, 0.15) is 0 Å². The summed E-state index contributed by atoms with van der Waals surface area (Å²) in [5.41, 5.74) is 4.98. The lowest BCUT2D eigenvalue weighted by molar-refractivity contribution is 0.167. The molecule has 1 heterocycles. The second-order valence-corrected chi connectivity index (χ2v) is 5.26. The molecule has 1 unspecified atom stereocenters. The van der Waals surface area contributed by atoms with Crippen molar-refractivity contribution in [2.45, 2.75) is 39.8 Å². The molecule has 0 aliphatic carbocycles. The number of para-hydroxylation sites is 1. The number of aliphatic hydroxyl groups is 1. The first-order valence-corrected chi connectivity index (χ1v) is 7.25. The number of nitrogens with one attached hydrogen (secondary N) is 1. The molecule has 1 aromatic carbocycles. The predicted octanol–water partition coefficient (Wildman–Crippen LogP) is 2.95. The fraction of sp³-hybridized carbons (Fsp3) is 0.412. The molecule has 2 aromatic rings. The van der Waals surface area contributed by atoms with E-state index in [0.29, 0.717) is 6.54 Å². The monoisotopic (exact) mass is 272 g/mol. The number of aryl methyl sites for hydroxylation is 1. The fourth-order valence-corrected chi connectivity index (χ4v) is 2.50. The van der Waals surface area contributed by atoms with E-state index in [-0.39, 0.29) is 6.10 Å². The van der Waals surface area contributed by atoms with E-state index in [9.17, 15) is 5.11 Å². The number of rotatable bonds is 6. The molecule has 3 nitrogen and oxygen atoms in total. The molecule has 0 amide bonds. The van der Waals surface area contributed by atoms with Gasteiger partial charge in [0.15, 0.2) is 0 Å². The van der Waals surface area contributed by atoms with Gasteiger partial charge in [-0.15, -0.1) is 0 Å². The largest absolute Gasteiger partial charge is 0.392 e. The van der Waals surface area contributed by atoms with Gasteiger partial charge in [-0.25, -0.2) is 0 Å². The highest BCUT2D eigenvalue weighted by molar-refractivity contribution is 5.40. The van der Waals surface area contributed by atoms with Crippen molar-refractivity contribution in [2.24, 2.45) is 0 Å². The highest BCUT2D eigenvalue weighted by atomic mass is 16.3. The number of benzene rings is 1. The van der Waals surface area contributed by atoms with E-state index in [0.717, 1.165) is 13.0 Å². The maximum Gasteiger partial charge on any atom is 0.0662 e. The first kappa shape index (κ1) is 14.8. The Hall–Kier alpha value is -1.58. The summed E-state index contributed by atoms with van der Waals surface area (Å²) in [6.45, 7) is 7.71. The standard InChI is InChI=1S/C17H24N2O/c1-4-17(20)12-18-11-15-10-13(2)19(14(15)3)16-8-6-5-7-9-16/h5-10,17-18,20H,4,11-12H2,1-3H3. The maximum absolute atomic E-state index is 9.58. The van der Waals surface area contributed by atoms with Gasteiger partial charge in [-0.1, -0.05) is 25.1 Å². The van der Waals surface area contributed by atoms with Gasteiger partial charge >= 0.3 is 0 Å². The molecule has 20 heavy (non-hydrogen) atoms. The maximum atomic E-state index is 9.58. The number of hydrogen-bond acceptors (Lipinski definition) is 2. The van der Waals surface area contributed by atoms with E-state index in [4.69, 9.17) is 0 Å². The van der Waals surface area contributed by atoms with Gasteiger partial charge in [0.25, 0.3) is 0 Å². The summed E-state index contributed by atoms with van der Waals surface area (Å²) >= 11 is 0. The third-order valence-corrected chi connectivity index (χ3v) is 3.72. The molecule has 0 aliphatic rings. The van der Waals surface area contributed by atoms with E-state index < -0.39 is 0 Å². The SMILES string of the molecule is CCC(O)CNCc1cc(C)n(-c2ccccc2)c1C. The Bertz CT molecular complexity index is 546. The molecule has 0 saturated carbocycles. The molecule has 2 rings (SSSR count). The topological polar surface area (TPSA) is 37.2 Å². The number of aromatic nitrogens is 1. The molecule has 0 saturated heterocycles. The molecule has 0 spiro atoms. The minimum Gasteiger partial charge on any atom is -0.392 e. The first-order chi connectivity index (χ1) is 9.63. The molecule has 2 N–H and O–H groups in total. The van der Waals surface area contributed by atoms with Crippen LogP contribution in [0.4, 0.5) is 0 Å². The van der Waals surface area contributed by atoms with Crippen LogP contribution in [0.15, 0.2) is 36.4 Å². The molecule has 0 aliphatic heterocycles. The normalized spacial score (nSPS) is 12.6. The highest BCUT2D eigenvalue weighted by Crippen LogP contribution is 2.20. The molecular formula is C17H24N2O. The smallest absolute Gasteiger partial charge is 0.0662 e. The van der Waals surface area contributed by atoms with Crippen molar-refractivity contribution >= 4 is 0 Å². The zero-order chi connectivity index (χ0) is 14.5. The minimum absolute atomic E-state index is 0.257. The summed E-state index contributed by atoms with van der Waals surface area (Å²) in [7, 11) is 0. The van der Waals surface area contributed by atoms with Crippen LogP contribution in [0.3, 0.4) is 0 Å². The summed E-state index contributed by atoms with van der Waals surface area (Å²) in [5, 5.41) is 12.9. The van der Waals surface area contributed by atoms with Gasteiger partial charge < -0.3 is 15.0 Å². The first-order valence-electron chi connectivity index (χ1n) is 7.25. The Morgan fingerprint density at radius 1 is 1.20 bits per heavy atom. The molecule has 0 bridgehead atoms. The second-order valence-electron chi connectivity index (χ2n) is 5.26. The third-order valence-electron chi connectivity index (χ3n) is 3.72. The summed E-state index contributed by atoms with van der Waals surface area (Å²) < 4.78 is 2.27. The van der Waals surface area contributed by atoms with Gasteiger partial charge in [0.05, 0.1) is 6.10 Å². The lowest BCUT2D eigenvalue weighted by Gasteiger charge is -2.11. The summed E-state index contributed by atoms with van der Waals surface area (Å²) in [4.78, 5) is 0. The van der Waals surface area contributed by atoms with Crippen molar-refractivity contribution in [3.05, 3.63) is 53.3 Å². The lowest BCUT2D eigenvalue weighted by atomic mass is 10.2. The minimum atomic E-state index is -0.257. The Morgan fingerprint density at radius 2 is 1.90 bits per heavy atom. The Morgan fingerprint density at radius 3 is 2.55 bits per heavy atom. The molecule has 1 aromatic heterocycles. The number of aliphatic hydroxyl groups excluding tert-OH is 1. The van der Waals surface area contributed by atoms with Crippen LogP contribution >= 0.6 is 0 Å². The summed E-state index contributed by atoms with van der Waals surface area (Å²) in [6.07, 6.45) is 0.531. The molecular weight excluding hydrogens is 248 g/mol. The van der Waals surface area contributed by atoms with E-state index in [1.807, 2.05) is 13.0 Å². The third kappa shape index (κ3) is 3.30. The Labute approximate surface area is 121 Å². The lowest BCUT2D eigenvalue weighted by Crippen LogP contribution is -2.25. The van der Waals surface area contributed by atoms with Crippen molar-refractivity contribution in [3.8, 4) is 5.69 Å². The molecule has 3 heteroatoms. The molecule has 0 fully saturated rings. The van der Waals surface area contributed by atoms with Crippen molar-refractivity contribution in [2.75, 3.05) is 6.54 Å². The quantitative estimate of drug-likeness (QED) is 0.848. The van der Waals surface area contributed by atoms with E-state index in [1.54, 1.807) is 0 Å². The van der Waals surface area contributed by atoms with E-state index in [1.165, 1.54) is 22.6 Å². The van der Waals surface area contributed by atoms with E-state index in [2.05, 4.69) is 54.1 Å². The van der Waals surface area contributed by atoms with Crippen LogP contribution in [0, 0.1) is 13.8 Å². The van der Waals surface area contributed by atoms with Crippen LogP contribution in [0.25, 0.3) is 5.69 Å². The van der Waals surface area contributed by atoms with Crippen molar-refractivity contribution in [1.29, 1.82) is 0 Å². The van der Waals surface area contributed by atoms with Gasteiger partial charge in [-0.2, -0.15) is 0 Å². The Balaban J connectivity index is 2.13. The summed E-state index contributed by atoms with van der Waals surface area (Å²) in [5.74, 6) is 0. The van der Waals surface area contributed by atoms with Crippen LogP contribution in [0.1, 0.15) is 30.3 Å².